The number of rotatable bonds is 1. The lowest BCUT2D eigenvalue weighted by molar-refractivity contribution is 0.0938. The summed E-state index contributed by atoms with van der Waals surface area (Å²) in [5.41, 5.74) is 1.03. The van der Waals surface area contributed by atoms with Crippen LogP contribution in [0.3, 0.4) is 0 Å². The molecular formula is C9H16BN2OPS. The lowest BCUT2D eigenvalue weighted by atomic mass is 9.86. The van der Waals surface area contributed by atoms with E-state index in [1.54, 1.807) is 4.45 Å². The maximum absolute atomic E-state index is 6.06. The SMILES string of the molecule is CC1(C)OB(c2cnn(P)c2)SC1(C)C. The largest absolute Gasteiger partial charge is 0.415 e. The van der Waals surface area contributed by atoms with Gasteiger partial charge < -0.3 is 4.65 Å². The molecule has 6 heteroatoms. The van der Waals surface area contributed by atoms with Crippen molar-refractivity contribution in [3.05, 3.63) is 12.4 Å². The standard InChI is InChI=1S/C9H16BN2OPS/c1-8(2)9(3,4)15-10(13-8)7-5-11-12(14)6-7/h5-6H,14H2,1-4H3. The minimum atomic E-state index is -0.106. The van der Waals surface area contributed by atoms with E-state index in [2.05, 4.69) is 42.2 Å². The third kappa shape index (κ3) is 1.97. The van der Waals surface area contributed by atoms with Crippen LogP contribution in [0.1, 0.15) is 27.7 Å². The fourth-order valence-corrected chi connectivity index (χ4v) is 3.11. The van der Waals surface area contributed by atoms with Gasteiger partial charge in [0.05, 0.1) is 5.60 Å². The molecule has 1 aliphatic rings. The van der Waals surface area contributed by atoms with Crippen LogP contribution in [0.15, 0.2) is 12.4 Å². The summed E-state index contributed by atoms with van der Waals surface area (Å²) >= 11 is 1.86. The summed E-state index contributed by atoms with van der Waals surface area (Å²) in [5, 5.41) is 4.14. The monoisotopic (exact) mass is 242 g/mol. The minimum absolute atomic E-state index is 0.101. The van der Waals surface area contributed by atoms with Crippen LogP contribution in [-0.2, 0) is 4.65 Å². The molecule has 1 fully saturated rings. The van der Waals surface area contributed by atoms with Crippen LogP contribution in [0.2, 0.25) is 0 Å². The molecule has 1 aliphatic heterocycles. The van der Waals surface area contributed by atoms with Crippen LogP contribution in [-0.4, -0.2) is 26.1 Å². The third-order valence-electron chi connectivity index (χ3n) is 3.15. The Kier molecular flexibility index (Phi) is 2.69. The van der Waals surface area contributed by atoms with Crippen LogP contribution in [0.4, 0.5) is 0 Å². The van der Waals surface area contributed by atoms with Crippen molar-refractivity contribution in [2.45, 2.75) is 38.0 Å². The van der Waals surface area contributed by atoms with E-state index >= 15 is 0 Å². The highest BCUT2D eigenvalue weighted by Crippen LogP contribution is 2.46. The molecule has 82 valence electrons. The van der Waals surface area contributed by atoms with Crippen molar-refractivity contribution in [1.29, 1.82) is 0 Å². The van der Waals surface area contributed by atoms with E-state index in [-0.39, 0.29) is 16.5 Å². The summed E-state index contributed by atoms with van der Waals surface area (Å²) in [5.74, 6) is 0. The van der Waals surface area contributed by atoms with Crippen LogP contribution in [0.25, 0.3) is 0 Å². The minimum Gasteiger partial charge on any atom is -0.415 e. The lowest BCUT2D eigenvalue weighted by Crippen LogP contribution is -2.39. The van der Waals surface area contributed by atoms with Crippen LogP contribution >= 0.6 is 21.0 Å². The molecule has 0 saturated carbocycles. The molecule has 3 nitrogen and oxygen atoms in total. The Morgan fingerprint density at radius 1 is 1.47 bits per heavy atom. The van der Waals surface area contributed by atoms with E-state index in [1.165, 1.54) is 0 Å². The quantitative estimate of drug-likeness (QED) is 0.552. The average molecular weight is 242 g/mol. The van der Waals surface area contributed by atoms with Crippen molar-refractivity contribution in [2.24, 2.45) is 0 Å². The van der Waals surface area contributed by atoms with Crippen LogP contribution in [0, 0.1) is 0 Å². The highest BCUT2D eigenvalue weighted by atomic mass is 32.2. The summed E-state index contributed by atoms with van der Waals surface area (Å²) in [4.78, 5) is 0. The molecule has 1 atom stereocenters. The molecule has 1 unspecified atom stereocenters. The van der Waals surface area contributed by atoms with Gasteiger partial charge in [-0.05, 0) is 37.1 Å². The molecule has 0 bridgehead atoms. The molecule has 0 amide bonds. The molecule has 1 aromatic rings. The first-order chi connectivity index (χ1) is 6.82. The second-order valence-electron chi connectivity index (χ2n) is 4.84. The maximum Gasteiger partial charge on any atom is 0.401 e. The Morgan fingerprint density at radius 2 is 2.13 bits per heavy atom. The second-order valence-corrected chi connectivity index (χ2v) is 7.06. The normalized spacial score (nSPS) is 23.4. The van der Waals surface area contributed by atoms with Gasteiger partial charge >= 0.3 is 6.19 Å². The number of aromatic nitrogens is 2. The second kappa shape index (κ2) is 3.51. The van der Waals surface area contributed by atoms with Crippen LogP contribution < -0.4 is 5.46 Å². The molecule has 1 saturated heterocycles. The van der Waals surface area contributed by atoms with E-state index in [1.807, 2.05) is 24.0 Å². The molecule has 0 aliphatic carbocycles. The molecule has 2 heterocycles. The van der Waals surface area contributed by atoms with Gasteiger partial charge in [0.1, 0.15) is 0 Å². The van der Waals surface area contributed by atoms with Crippen molar-refractivity contribution in [3.8, 4) is 0 Å². The highest BCUT2D eigenvalue weighted by Gasteiger charge is 2.51. The van der Waals surface area contributed by atoms with Gasteiger partial charge in [-0.1, -0.05) is 0 Å². The summed E-state index contributed by atoms with van der Waals surface area (Å²) in [6.07, 6.45) is 3.95. The molecule has 0 aromatic carbocycles. The average Bonchev–Trinajstić information content (AvgIpc) is 2.56. The van der Waals surface area contributed by atoms with Gasteiger partial charge in [0.25, 0.3) is 0 Å². The van der Waals surface area contributed by atoms with Crippen molar-refractivity contribution in [2.75, 3.05) is 0 Å². The summed E-state index contributed by atoms with van der Waals surface area (Å²) in [6.45, 7) is 8.74. The van der Waals surface area contributed by atoms with Gasteiger partial charge in [0.2, 0.25) is 0 Å². The van der Waals surface area contributed by atoms with Crippen molar-refractivity contribution >= 4 is 32.7 Å². The Morgan fingerprint density at radius 3 is 2.53 bits per heavy atom. The molecule has 0 spiro atoms. The van der Waals surface area contributed by atoms with Crippen molar-refractivity contribution in [3.63, 3.8) is 0 Å². The van der Waals surface area contributed by atoms with Gasteiger partial charge in [0.15, 0.2) is 0 Å². The van der Waals surface area contributed by atoms with Gasteiger partial charge in [-0.2, -0.15) is 16.7 Å². The first-order valence-corrected chi connectivity index (χ1v) is 6.37. The Bertz CT molecular complexity index is 364. The van der Waals surface area contributed by atoms with Crippen molar-refractivity contribution < 1.29 is 4.65 Å². The van der Waals surface area contributed by atoms with Gasteiger partial charge in [-0.3, -0.25) is 4.45 Å². The Hall–Kier alpha value is 0.0149. The third-order valence-corrected chi connectivity index (χ3v) is 5.09. The molecule has 1 aromatic heterocycles. The fourth-order valence-electron chi connectivity index (χ4n) is 1.45. The predicted molar refractivity (Wildman–Crippen MR) is 69.6 cm³/mol. The predicted octanol–water partition coefficient (Wildman–Crippen LogP) is 1.54. The highest BCUT2D eigenvalue weighted by molar-refractivity contribution is 8.27. The smallest absolute Gasteiger partial charge is 0.401 e. The summed E-state index contributed by atoms with van der Waals surface area (Å²) < 4.78 is 7.92. The van der Waals surface area contributed by atoms with E-state index in [0.29, 0.717) is 0 Å². The summed E-state index contributed by atoms with van der Waals surface area (Å²) in [7, 11) is 2.53. The topological polar surface area (TPSA) is 27.1 Å². The van der Waals surface area contributed by atoms with E-state index in [9.17, 15) is 0 Å². The molecule has 0 radical (unpaired) electrons. The zero-order valence-corrected chi connectivity index (χ0v) is 11.5. The number of nitrogens with zero attached hydrogens (tertiary/aromatic N) is 2. The van der Waals surface area contributed by atoms with Crippen molar-refractivity contribution in [1.82, 2.24) is 9.55 Å². The zero-order valence-electron chi connectivity index (χ0n) is 9.52. The number of hydrogen-bond donors (Lipinski definition) is 0. The summed E-state index contributed by atoms with van der Waals surface area (Å²) in [6, 6.07) is 0. The van der Waals surface area contributed by atoms with Crippen LogP contribution in [0.5, 0.6) is 0 Å². The molecule has 15 heavy (non-hydrogen) atoms. The first-order valence-electron chi connectivity index (χ1n) is 4.97. The van der Waals surface area contributed by atoms with Gasteiger partial charge in [0, 0.05) is 22.6 Å². The lowest BCUT2D eigenvalue weighted by Gasteiger charge is -2.32. The van der Waals surface area contributed by atoms with E-state index in [0.717, 1.165) is 5.46 Å². The molecule has 0 N–H and O–H groups in total. The van der Waals surface area contributed by atoms with Gasteiger partial charge in [-0.15, -0.1) is 0 Å². The zero-order chi connectivity index (χ0) is 11.3. The maximum atomic E-state index is 6.06. The Balaban J connectivity index is 2.23. The molecular weight excluding hydrogens is 226 g/mol. The first kappa shape index (κ1) is 11.5. The van der Waals surface area contributed by atoms with E-state index < -0.39 is 0 Å². The Labute approximate surface area is 97.6 Å². The van der Waals surface area contributed by atoms with Gasteiger partial charge in [-0.25, -0.2) is 0 Å². The molecule has 2 rings (SSSR count). The van der Waals surface area contributed by atoms with E-state index in [4.69, 9.17) is 4.65 Å². The fraction of sp³-hybridized carbons (Fsp3) is 0.667. The number of hydrogen-bond acceptors (Lipinski definition) is 3.